The van der Waals surface area contributed by atoms with E-state index in [0.29, 0.717) is 18.8 Å². The summed E-state index contributed by atoms with van der Waals surface area (Å²) in [5.41, 5.74) is 0.208. The molecule has 0 radical (unpaired) electrons. The van der Waals surface area contributed by atoms with Crippen molar-refractivity contribution in [1.29, 1.82) is 0 Å². The fourth-order valence-corrected chi connectivity index (χ4v) is 2.08. The van der Waals surface area contributed by atoms with Crippen molar-refractivity contribution < 1.29 is 14.6 Å². The second-order valence-electron chi connectivity index (χ2n) is 4.77. The average Bonchev–Trinajstić information content (AvgIpc) is 2.07. The Balaban J connectivity index is 2.70. The Labute approximate surface area is 91.1 Å². The molecule has 0 heterocycles. The molecule has 3 heteroatoms. The lowest BCUT2D eigenvalue weighted by Gasteiger charge is -2.40. The van der Waals surface area contributed by atoms with Gasteiger partial charge in [0, 0.05) is 6.92 Å². The summed E-state index contributed by atoms with van der Waals surface area (Å²) in [6.07, 6.45) is 1.86. The van der Waals surface area contributed by atoms with Crippen LogP contribution in [0.4, 0.5) is 0 Å². The molecule has 1 saturated carbocycles. The van der Waals surface area contributed by atoms with Gasteiger partial charge in [0.05, 0.1) is 5.60 Å². The maximum absolute atomic E-state index is 10.9. The van der Waals surface area contributed by atoms with Gasteiger partial charge in [0.25, 0.3) is 0 Å². The summed E-state index contributed by atoms with van der Waals surface area (Å²) >= 11 is 0. The molecule has 3 nitrogen and oxygen atoms in total. The van der Waals surface area contributed by atoms with Crippen LogP contribution in [0.3, 0.4) is 0 Å². The summed E-state index contributed by atoms with van der Waals surface area (Å²) in [4.78, 5) is 10.9. The van der Waals surface area contributed by atoms with Crippen molar-refractivity contribution >= 4 is 5.97 Å². The lowest BCUT2D eigenvalue weighted by molar-refractivity contribution is -0.168. The lowest BCUT2D eigenvalue weighted by Crippen LogP contribution is -2.46. The van der Waals surface area contributed by atoms with Gasteiger partial charge in [-0.25, -0.2) is 0 Å². The van der Waals surface area contributed by atoms with E-state index in [1.165, 1.54) is 6.92 Å². The molecule has 0 amide bonds. The van der Waals surface area contributed by atoms with E-state index < -0.39 is 11.7 Å². The van der Waals surface area contributed by atoms with Gasteiger partial charge in [-0.05, 0) is 39.0 Å². The predicted octanol–water partition coefficient (Wildman–Crippen LogP) is 2.05. The van der Waals surface area contributed by atoms with Crippen LogP contribution in [0.2, 0.25) is 0 Å². The molecule has 0 aromatic rings. The van der Waals surface area contributed by atoms with E-state index in [-0.39, 0.29) is 5.97 Å². The van der Waals surface area contributed by atoms with Crippen LogP contribution in [0.25, 0.3) is 0 Å². The molecule has 1 fully saturated rings. The standard InChI is InChI=1S/C12H20O3/c1-8(2)10-5-6-12(4,14)11(7-10)15-9(3)13/h10-11,14H,1,5-7H2,2-4H3. The molecule has 0 aromatic heterocycles. The smallest absolute Gasteiger partial charge is 0.303 e. The van der Waals surface area contributed by atoms with Crippen molar-refractivity contribution in [3.63, 3.8) is 0 Å². The number of carbonyl (C=O) groups excluding carboxylic acids is 1. The van der Waals surface area contributed by atoms with E-state index in [2.05, 4.69) is 6.58 Å². The van der Waals surface area contributed by atoms with E-state index in [9.17, 15) is 9.90 Å². The SMILES string of the molecule is C=C(C)C1CCC(C)(O)C(OC(C)=O)C1. The molecule has 0 aromatic carbocycles. The number of aliphatic hydroxyl groups is 1. The number of ether oxygens (including phenoxy) is 1. The van der Waals surface area contributed by atoms with Gasteiger partial charge in [0.15, 0.2) is 0 Å². The molecule has 1 aliphatic rings. The fourth-order valence-electron chi connectivity index (χ4n) is 2.08. The summed E-state index contributed by atoms with van der Waals surface area (Å²) in [5.74, 6) is 0.0252. The fraction of sp³-hybridized carbons (Fsp3) is 0.750. The molecule has 0 bridgehead atoms. The van der Waals surface area contributed by atoms with Crippen LogP contribution >= 0.6 is 0 Å². The quantitative estimate of drug-likeness (QED) is 0.563. The van der Waals surface area contributed by atoms with E-state index in [1.807, 2.05) is 6.92 Å². The van der Waals surface area contributed by atoms with Crippen LogP contribution in [-0.4, -0.2) is 22.8 Å². The Kier molecular flexibility index (Phi) is 3.55. The molecule has 0 aliphatic heterocycles. The summed E-state index contributed by atoms with van der Waals surface area (Å²) in [6.45, 7) is 9.01. The van der Waals surface area contributed by atoms with Gasteiger partial charge < -0.3 is 9.84 Å². The van der Waals surface area contributed by atoms with Gasteiger partial charge in [-0.1, -0.05) is 12.2 Å². The normalized spacial score (nSPS) is 36.0. The Morgan fingerprint density at radius 2 is 2.13 bits per heavy atom. The molecule has 86 valence electrons. The summed E-state index contributed by atoms with van der Waals surface area (Å²) in [6, 6.07) is 0. The highest BCUT2D eigenvalue weighted by Crippen LogP contribution is 2.36. The van der Waals surface area contributed by atoms with Crippen molar-refractivity contribution in [2.45, 2.75) is 51.7 Å². The van der Waals surface area contributed by atoms with Crippen LogP contribution in [0.5, 0.6) is 0 Å². The van der Waals surface area contributed by atoms with Crippen molar-refractivity contribution in [1.82, 2.24) is 0 Å². The number of allylic oxidation sites excluding steroid dienone is 1. The number of hydrogen-bond donors (Lipinski definition) is 1. The molecule has 1 aliphatic carbocycles. The maximum atomic E-state index is 10.9. The molecule has 1 rings (SSSR count). The highest BCUT2D eigenvalue weighted by atomic mass is 16.6. The molecule has 3 atom stereocenters. The molecule has 1 N–H and O–H groups in total. The van der Waals surface area contributed by atoms with Crippen LogP contribution in [0.15, 0.2) is 12.2 Å². The van der Waals surface area contributed by atoms with Crippen molar-refractivity contribution in [2.24, 2.45) is 5.92 Å². The maximum Gasteiger partial charge on any atom is 0.303 e. The van der Waals surface area contributed by atoms with Gasteiger partial charge in [-0.2, -0.15) is 0 Å². The molecule has 0 saturated heterocycles. The monoisotopic (exact) mass is 212 g/mol. The van der Waals surface area contributed by atoms with Gasteiger partial charge in [0.2, 0.25) is 0 Å². The van der Waals surface area contributed by atoms with E-state index in [4.69, 9.17) is 4.74 Å². The first-order chi connectivity index (χ1) is 6.83. The molecular formula is C12H20O3. The first kappa shape index (κ1) is 12.2. The Morgan fingerprint density at radius 1 is 1.53 bits per heavy atom. The van der Waals surface area contributed by atoms with Gasteiger partial charge in [0.1, 0.15) is 6.10 Å². The molecule has 0 spiro atoms. The van der Waals surface area contributed by atoms with Crippen molar-refractivity contribution in [2.75, 3.05) is 0 Å². The third-order valence-corrected chi connectivity index (χ3v) is 3.20. The number of hydrogen-bond acceptors (Lipinski definition) is 3. The van der Waals surface area contributed by atoms with Crippen molar-refractivity contribution in [3.8, 4) is 0 Å². The van der Waals surface area contributed by atoms with E-state index in [1.54, 1.807) is 6.92 Å². The van der Waals surface area contributed by atoms with Crippen LogP contribution in [0.1, 0.15) is 40.0 Å². The Bertz CT molecular complexity index is 268. The number of rotatable bonds is 2. The van der Waals surface area contributed by atoms with Gasteiger partial charge >= 0.3 is 5.97 Å². The zero-order valence-corrected chi connectivity index (χ0v) is 9.75. The minimum absolute atomic E-state index is 0.331. The highest BCUT2D eigenvalue weighted by Gasteiger charge is 2.40. The van der Waals surface area contributed by atoms with Crippen LogP contribution < -0.4 is 0 Å². The number of carbonyl (C=O) groups is 1. The van der Waals surface area contributed by atoms with E-state index >= 15 is 0 Å². The highest BCUT2D eigenvalue weighted by molar-refractivity contribution is 5.66. The van der Waals surface area contributed by atoms with Gasteiger partial charge in [-0.15, -0.1) is 0 Å². The average molecular weight is 212 g/mol. The minimum Gasteiger partial charge on any atom is -0.459 e. The predicted molar refractivity (Wildman–Crippen MR) is 58.3 cm³/mol. The topological polar surface area (TPSA) is 46.5 Å². The molecular weight excluding hydrogens is 192 g/mol. The number of esters is 1. The molecule has 15 heavy (non-hydrogen) atoms. The summed E-state index contributed by atoms with van der Waals surface area (Å²) < 4.78 is 5.16. The Hall–Kier alpha value is -0.830. The van der Waals surface area contributed by atoms with Crippen LogP contribution in [0, 0.1) is 5.92 Å². The third-order valence-electron chi connectivity index (χ3n) is 3.20. The lowest BCUT2D eigenvalue weighted by atomic mass is 9.75. The zero-order chi connectivity index (χ0) is 11.6. The zero-order valence-electron chi connectivity index (χ0n) is 9.75. The minimum atomic E-state index is -0.891. The third kappa shape index (κ3) is 3.06. The van der Waals surface area contributed by atoms with Crippen molar-refractivity contribution in [3.05, 3.63) is 12.2 Å². The first-order valence-corrected chi connectivity index (χ1v) is 5.38. The van der Waals surface area contributed by atoms with E-state index in [0.717, 1.165) is 12.0 Å². The summed E-state index contributed by atoms with van der Waals surface area (Å²) in [7, 11) is 0. The summed E-state index contributed by atoms with van der Waals surface area (Å²) in [5, 5.41) is 10.1. The van der Waals surface area contributed by atoms with Gasteiger partial charge in [-0.3, -0.25) is 4.79 Å². The molecule has 3 unspecified atom stereocenters. The second-order valence-corrected chi connectivity index (χ2v) is 4.77. The second kappa shape index (κ2) is 4.35. The largest absolute Gasteiger partial charge is 0.459 e. The van der Waals surface area contributed by atoms with Crippen LogP contribution in [-0.2, 0) is 9.53 Å². The Morgan fingerprint density at radius 3 is 2.60 bits per heavy atom. The first-order valence-electron chi connectivity index (χ1n) is 5.38.